The first-order chi connectivity index (χ1) is 10.1. The number of carbonyl (C=O) groups excluding carboxylic acids is 1. The number of piperidine rings is 1. The van der Waals surface area contributed by atoms with Crippen LogP contribution in [-0.2, 0) is 4.79 Å². The number of likely N-dealkylation sites (tertiary alicyclic amines) is 1. The molecular weight excluding hydrogens is 272 g/mol. The third-order valence-corrected chi connectivity index (χ3v) is 4.84. The van der Waals surface area contributed by atoms with Crippen LogP contribution >= 0.6 is 0 Å². The molecule has 1 saturated heterocycles. The van der Waals surface area contributed by atoms with Crippen molar-refractivity contribution < 1.29 is 19.8 Å². The van der Waals surface area contributed by atoms with Gasteiger partial charge in [0.2, 0.25) is 0 Å². The Morgan fingerprint density at radius 2 is 2.00 bits per heavy atom. The molecule has 0 aromatic carbocycles. The minimum absolute atomic E-state index is 0.0597. The van der Waals surface area contributed by atoms with E-state index in [0.717, 1.165) is 45.1 Å². The molecule has 1 aliphatic carbocycles. The average molecular weight is 298 g/mol. The molecule has 3 N–H and O–H groups in total. The smallest absolute Gasteiger partial charge is 0.317 e. The van der Waals surface area contributed by atoms with E-state index in [1.54, 1.807) is 4.90 Å². The second-order valence-corrected chi connectivity index (χ2v) is 6.29. The Balaban J connectivity index is 1.77. The summed E-state index contributed by atoms with van der Waals surface area (Å²) in [6.45, 7) is 2.07. The molecule has 6 heteroatoms. The minimum Gasteiger partial charge on any atom is -0.481 e. The van der Waals surface area contributed by atoms with Gasteiger partial charge in [0.25, 0.3) is 0 Å². The lowest BCUT2D eigenvalue weighted by atomic mass is 9.95. The number of aliphatic carboxylic acids is 1. The monoisotopic (exact) mass is 298 g/mol. The fourth-order valence-electron chi connectivity index (χ4n) is 3.60. The fourth-order valence-corrected chi connectivity index (χ4v) is 3.60. The van der Waals surface area contributed by atoms with Gasteiger partial charge in [0.1, 0.15) is 0 Å². The Morgan fingerprint density at radius 1 is 1.19 bits per heavy atom. The van der Waals surface area contributed by atoms with Gasteiger partial charge in [0.05, 0.1) is 5.92 Å². The summed E-state index contributed by atoms with van der Waals surface area (Å²) in [6, 6.07) is -0.0892. The molecule has 1 saturated carbocycles. The van der Waals surface area contributed by atoms with Crippen LogP contribution in [0.3, 0.4) is 0 Å². The molecule has 2 fully saturated rings. The van der Waals surface area contributed by atoms with Crippen molar-refractivity contribution in [1.82, 2.24) is 10.2 Å². The summed E-state index contributed by atoms with van der Waals surface area (Å²) >= 11 is 0. The molecule has 2 amide bonds. The van der Waals surface area contributed by atoms with Crippen molar-refractivity contribution in [2.24, 2.45) is 17.8 Å². The quantitative estimate of drug-likeness (QED) is 0.713. The molecule has 0 aromatic heterocycles. The van der Waals surface area contributed by atoms with Crippen molar-refractivity contribution >= 4 is 12.0 Å². The lowest BCUT2D eigenvalue weighted by Gasteiger charge is -2.33. The summed E-state index contributed by atoms with van der Waals surface area (Å²) in [7, 11) is 0. The van der Waals surface area contributed by atoms with Crippen LogP contribution in [0.2, 0.25) is 0 Å². The Bertz CT molecular complexity index is 373. The van der Waals surface area contributed by atoms with Gasteiger partial charge in [-0.15, -0.1) is 0 Å². The topological polar surface area (TPSA) is 89.9 Å². The number of carbonyl (C=O) groups is 2. The molecule has 2 aliphatic rings. The zero-order chi connectivity index (χ0) is 15.2. The number of nitrogens with one attached hydrogen (secondary N) is 1. The van der Waals surface area contributed by atoms with Gasteiger partial charge in [-0.05, 0) is 43.9 Å². The van der Waals surface area contributed by atoms with Gasteiger partial charge >= 0.3 is 12.0 Å². The highest BCUT2D eigenvalue weighted by atomic mass is 16.4. The predicted molar refractivity (Wildman–Crippen MR) is 77.9 cm³/mol. The lowest BCUT2D eigenvalue weighted by molar-refractivity contribution is -0.142. The third kappa shape index (κ3) is 4.33. The Kier molecular flexibility index (Phi) is 5.85. The standard InChI is InChI=1S/C15H26N2O4/c18-8-6-11-3-2-7-17(10-11)15(21)16-9-12-4-1-5-13(12)14(19)20/h11-13,18H,1-10H2,(H,16,21)(H,19,20). The highest BCUT2D eigenvalue weighted by molar-refractivity contribution is 5.74. The van der Waals surface area contributed by atoms with Crippen LogP contribution < -0.4 is 5.32 Å². The van der Waals surface area contributed by atoms with Gasteiger partial charge in [-0.1, -0.05) is 6.42 Å². The van der Waals surface area contributed by atoms with Gasteiger partial charge in [-0.25, -0.2) is 4.79 Å². The van der Waals surface area contributed by atoms with E-state index >= 15 is 0 Å². The summed E-state index contributed by atoms with van der Waals surface area (Å²) in [5.74, 6) is -0.612. The molecular formula is C15H26N2O4. The number of carboxylic acids is 1. The van der Waals surface area contributed by atoms with E-state index in [1.807, 2.05) is 0 Å². The van der Waals surface area contributed by atoms with Crippen LogP contribution in [0.1, 0.15) is 38.5 Å². The number of urea groups is 1. The molecule has 6 nitrogen and oxygen atoms in total. The SMILES string of the molecule is O=C(O)C1CCCC1CNC(=O)N1CCCC(CCO)C1. The van der Waals surface area contributed by atoms with Gasteiger partial charge in [-0.3, -0.25) is 4.79 Å². The lowest BCUT2D eigenvalue weighted by Crippen LogP contribution is -2.47. The maximum Gasteiger partial charge on any atom is 0.317 e. The maximum atomic E-state index is 12.2. The normalized spacial score (nSPS) is 29.4. The summed E-state index contributed by atoms with van der Waals surface area (Å²) < 4.78 is 0. The van der Waals surface area contributed by atoms with Crippen molar-refractivity contribution in [2.75, 3.05) is 26.2 Å². The van der Waals surface area contributed by atoms with Crippen LogP contribution in [0.5, 0.6) is 0 Å². The number of aliphatic hydroxyl groups is 1. The third-order valence-electron chi connectivity index (χ3n) is 4.84. The summed E-state index contributed by atoms with van der Waals surface area (Å²) in [5, 5.41) is 21.0. The average Bonchev–Trinajstić information content (AvgIpc) is 2.94. The first-order valence-electron chi connectivity index (χ1n) is 7.98. The van der Waals surface area contributed by atoms with Crippen LogP contribution in [0, 0.1) is 17.8 Å². The van der Waals surface area contributed by atoms with Gasteiger partial charge in [-0.2, -0.15) is 0 Å². The van der Waals surface area contributed by atoms with Gasteiger partial charge in [0.15, 0.2) is 0 Å². The Labute approximate surface area is 125 Å². The molecule has 21 heavy (non-hydrogen) atoms. The number of nitrogens with zero attached hydrogens (tertiary/aromatic N) is 1. The van der Waals surface area contributed by atoms with Gasteiger partial charge < -0.3 is 20.4 Å². The highest BCUT2D eigenvalue weighted by Crippen LogP contribution is 2.31. The number of hydrogen-bond acceptors (Lipinski definition) is 3. The summed E-state index contributed by atoms with van der Waals surface area (Å²) in [6.07, 6.45) is 5.31. The molecule has 1 heterocycles. The van der Waals surface area contributed by atoms with E-state index in [1.165, 1.54) is 0 Å². The van der Waals surface area contributed by atoms with Crippen molar-refractivity contribution in [3.63, 3.8) is 0 Å². The van der Waals surface area contributed by atoms with Crippen molar-refractivity contribution in [3.05, 3.63) is 0 Å². The molecule has 0 radical (unpaired) electrons. The zero-order valence-corrected chi connectivity index (χ0v) is 12.5. The molecule has 2 rings (SSSR count). The molecule has 0 bridgehead atoms. The van der Waals surface area contributed by atoms with E-state index in [0.29, 0.717) is 19.0 Å². The van der Waals surface area contributed by atoms with Crippen LogP contribution in [0.4, 0.5) is 4.79 Å². The number of hydrogen-bond donors (Lipinski definition) is 3. The second kappa shape index (κ2) is 7.64. The van der Waals surface area contributed by atoms with Gasteiger partial charge in [0, 0.05) is 26.2 Å². The summed E-state index contributed by atoms with van der Waals surface area (Å²) in [4.78, 5) is 25.1. The largest absolute Gasteiger partial charge is 0.481 e. The summed E-state index contributed by atoms with van der Waals surface area (Å²) in [5.41, 5.74) is 0. The molecule has 3 atom stereocenters. The fraction of sp³-hybridized carbons (Fsp3) is 0.867. The Morgan fingerprint density at radius 3 is 2.71 bits per heavy atom. The Hall–Kier alpha value is -1.30. The molecule has 0 spiro atoms. The van der Waals surface area contributed by atoms with Crippen LogP contribution in [0.25, 0.3) is 0 Å². The molecule has 120 valence electrons. The highest BCUT2D eigenvalue weighted by Gasteiger charge is 2.33. The number of carboxylic acid groups (broad SMARTS) is 1. The molecule has 0 aromatic rings. The second-order valence-electron chi connectivity index (χ2n) is 6.29. The first-order valence-corrected chi connectivity index (χ1v) is 7.98. The van der Waals surface area contributed by atoms with E-state index in [-0.39, 0.29) is 24.5 Å². The van der Waals surface area contributed by atoms with Crippen molar-refractivity contribution in [3.8, 4) is 0 Å². The molecule has 3 unspecified atom stereocenters. The van der Waals surface area contributed by atoms with E-state index < -0.39 is 5.97 Å². The number of aliphatic hydroxyl groups excluding tert-OH is 1. The first kappa shape index (κ1) is 16.1. The zero-order valence-electron chi connectivity index (χ0n) is 12.5. The number of rotatable bonds is 5. The maximum absolute atomic E-state index is 12.2. The number of amides is 2. The predicted octanol–water partition coefficient (Wildman–Crippen LogP) is 1.29. The van der Waals surface area contributed by atoms with Crippen molar-refractivity contribution in [1.29, 1.82) is 0 Å². The van der Waals surface area contributed by atoms with E-state index in [9.17, 15) is 9.59 Å². The van der Waals surface area contributed by atoms with Crippen LogP contribution in [0.15, 0.2) is 0 Å². The van der Waals surface area contributed by atoms with Crippen molar-refractivity contribution in [2.45, 2.75) is 38.5 Å². The van der Waals surface area contributed by atoms with Crippen LogP contribution in [-0.4, -0.2) is 53.4 Å². The van der Waals surface area contributed by atoms with E-state index in [4.69, 9.17) is 10.2 Å². The molecule has 1 aliphatic heterocycles. The van der Waals surface area contributed by atoms with E-state index in [2.05, 4.69) is 5.32 Å². The minimum atomic E-state index is -0.743.